The van der Waals surface area contributed by atoms with Crippen molar-refractivity contribution in [2.24, 2.45) is 5.84 Å². The minimum absolute atomic E-state index is 0.234. The quantitative estimate of drug-likeness (QED) is 0.665. The highest BCUT2D eigenvalue weighted by atomic mass is 35.5. The van der Waals surface area contributed by atoms with Crippen molar-refractivity contribution >= 4 is 17.4 Å². The highest BCUT2D eigenvalue weighted by Crippen LogP contribution is 2.27. The van der Waals surface area contributed by atoms with Crippen LogP contribution >= 0.6 is 11.6 Å². The molecule has 0 spiro atoms. The predicted molar refractivity (Wildman–Crippen MR) is 71.0 cm³/mol. The van der Waals surface area contributed by atoms with Crippen molar-refractivity contribution in [2.45, 2.75) is 6.61 Å². The van der Waals surface area contributed by atoms with Gasteiger partial charge in [0.05, 0.1) is 17.3 Å². The minimum atomic E-state index is -0.418. The third-order valence-electron chi connectivity index (χ3n) is 2.39. The molecule has 1 aromatic carbocycles. The molecule has 1 aromatic heterocycles. The Bertz CT molecular complexity index is 594. The van der Waals surface area contributed by atoms with Crippen LogP contribution in [0.4, 0.5) is 10.2 Å². The normalized spacial score (nSPS) is 10.5. The number of nitrogens with zero attached hydrogens (tertiary/aromatic N) is 2. The van der Waals surface area contributed by atoms with E-state index >= 15 is 0 Å². The molecule has 1 heterocycles. The minimum Gasteiger partial charge on any atom is -0.378 e. The molecule has 0 aliphatic heterocycles. The molecule has 0 saturated heterocycles. The van der Waals surface area contributed by atoms with Crippen molar-refractivity contribution in [3.63, 3.8) is 0 Å². The summed E-state index contributed by atoms with van der Waals surface area (Å²) in [6.07, 6.45) is 0. The number of hydrogen-bond acceptors (Lipinski definition) is 5. The van der Waals surface area contributed by atoms with Crippen LogP contribution in [0.25, 0.3) is 11.4 Å². The van der Waals surface area contributed by atoms with Crippen LogP contribution < -0.4 is 11.3 Å². The van der Waals surface area contributed by atoms with Gasteiger partial charge in [-0.05, 0) is 18.2 Å². The van der Waals surface area contributed by atoms with Gasteiger partial charge in [0.15, 0.2) is 5.82 Å². The fourth-order valence-electron chi connectivity index (χ4n) is 1.58. The summed E-state index contributed by atoms with van der Waals surface area (Å²) < 4.78 is 18.0. The van der Waals surface area contributed by atoms with Crippen molar-refractivity contribution < 1.29 is 9.13 Å². The van der Waals surface area contributed by atoms with E-state index in [2.05, 4.69) is 15.4 Å². The van der Waals surface area contributed by atoms with E-state index in [0.29, 0.717) is 29.5 Å². The van der Waals surface area contributed by atoms with Crippen molar-refractivity contribution in [3.8, 4) is 11.4 Å². The lowest BCUT2D eigenvalue weighted by molar-refractivity contribution is 0.181. The van der Waals surface area contributed by atoms with Crippen molar-refractivity contribution in [2.75, 3.05) is 12.5 Å². The highest BCUT2D eigenvalue weighted by molar-refractivity contribution is 6.33. The molecule has 0 amide bonds. The maximum Gasteiger partial charge on any atom is 0.163 e. The van der Waals surface area contributed by atoms with Gasteiger partial charge in [0, 0.05) is 18.7 Å². The summed E-state index contributed by atoms with van der Waals surface area (Å²) in [5.41, 5.74) is 3.61. The van der Waals surface area contributed by atoms with Crippen LogP contribution in [0.5, 0.6) is 0 Å². The second-order valence-electron chi connectivity index (χ2n) is 3.77. The first-order chi connectivity index (χ1) is 9.13. The van der Waals surface area contributed by atoms with Crippen LogP contribution in [-0.4, -0.2) is 17.1 Å². The molecule has 19 heavy (non-hydrogen) atoms. The van der Waals surface area contributed by atoms with E-state index in [-0.39, 0.29) is 5.02 Å². The summed E-state index contributed by atoms with van der Waals surface area (Å²) in [6, 6.07) is 5.68. The predicted octanol–water partition coefficient (Wildman–Crippen LogP) is 2.37. The smallest absolute Gasteiger partial charge is 0.163 e. The van der Waals surface area contributed by atoms with Crippen molar-refractivity contribution in [1.29, 1.82) is 0 Å². The number of anilines is 1. The Labute approximate surface area is 114 Å². The fraction of sp³-hybridized carbons (Fsp3) is 0.167. The highest BCUT2D eigenvalue weighted by Gasteiger charge is 2.10. The van der Waals surface area contributed by atoms with Gasteiger partial charge in [0.1, 0.15) is 11.6 Å². The third-order valence-corrected chi connectivity index (χ3v) is 2.70. The van der Waals surface area contributed by atoms with Gasteiger partial charge in [-0.3, -0.25) is 0 Å². The number of benzene rings is 1. The Morgan fingerprint density at radius 1 is 1.37 bits per heavy atom. The third kappa shape index (κ3) is 3.17. The number of nitrogens with one attached hydrogen (secondary N) is 1. The van der Waals surface area contributed by atoms with Gasteiger partial charge < -0.3 is 10.2 Å². The molecule has 2 rings (SSSR count). The molecule has 0 radical (unpaired) electrons. The zero-order valence-electron chi connectivity index (χ0n) is 10.2. The van der Waals surface area contributed by atoms with Crippen LogP contribution in [-0.2, 0) is 11.3 Å². The molecule has 0 aliphatic rings. The summed E-state index contributed by atoms with van der Waals surface area (Å²) >= 11 is 5.99. The largest absolute Gasteiger partial charge is 0.378 e. The molecule has 0 bridgehead atoms. The Kier molecular flexibility index (Phi) is 4.26. The molecule has 0 aliphatic carbocycles. The summed E-state index contributed by atoms with van der Waals surface area (Å²) in [4.78, 5) is 8.48. The van der Waals surface area contributed by atoms with Crippen molar-refractivity contribution in [1.82, 2.24) is 9.97 Å². The molecule has 0 unspecified atom stereocenters. The molecule has 0 fully saturated rings. The number of nitrogens with two attached hydrogens (primary N) is 1. The second kappa shape index (κ2) is 5.92. The van der Waals surface area contributed by atoms with Crippen LogP contribution in [0.3, 0.4) is 0 Å². The Balaban J connectivity index is 2.51. The average Bonchev–Trinajstić information content (AvgIpc) is 2.38. The maximum atomic E-state index is 13.0. The van der Waals surface area contributed by atoms with E-state index in [9.17, 15) is 4.39 Å². The van der Waals surface area contributed by atoms with Crippen LogP contribution in [0.1, 0.15) is 5.69 Å². The van der Waals surface area contributed by atoms with E-state index < -0.39 is 5.82 Å². The summed E-state index contributed by atoms with van der Waals surface area (Å²) in [7, 11) is 1.56. The lowest BCUT2D eigenvalue weighted by Gasteiger charge is -2.08. The zero-order valence-corrected chi connectivity index (χ0v) is 10.9. The molecule has 100 valence electrons. The SMILES string of the molecule is COCc1cc(NN)nc(-c2ccc(F)cc2Cl)n1. The molecular weight excluding hydrogens is 271 g/mol. The fourth-order valence-corrected chi connectivity index (χ4v) is 1.84. The first-order valence-electron chi connectivity index (χ1n) is 5.43. The van der Waals surface area contributed by atoms with E-state index in [0.717, 1.165) is 0 Å². The molecule has 3 N–H and O–H groups in total. The molecule has 0 atom stereocenters. The molecule has 5 nitrogen and oxygen atoms in total. The number of rotatable bonds is 4. The van der Waals surface area contributed by atoms with Crippen LogP contribution in [0.15, 0.2) is 24.3 Å². The summed E-state index contributed by atoms with van der Waals surface area (Å²) in [5, 5.41) is 0.234. The van der Waals surface area contributed by atoms with Gasteiger partial charge in [-0.2, -0.15) is 0 Å². The van der Waals surface area contributed by atoms with Gasteiger partial charge in [0.25, 0.3) is 0 Å². The number of aromatic nitrogens is 2. The topological polar surface area (TPSA) is 73.1 Å². The van der Waals surface area contributed by atoms with Gasteiger partial charge in [-0.15, -0.1) is 0 Å². The van der Waals surface area contributed by atoms with Gasteiger partial charge in [0.2, 0.25) is 0 Å². The Hall–Kier alpha value is -1.76. The maximum absolute atomic E-state index is 13.0. The lowest BCUT2D eigenvalue weighted by atomic mass is 10.2. The van der Waals surface area contributed by atoms with E-state index in [1.807, 2.05) is 0 Å². The van der Waals surface area contributed by atoms with Gasteiger partial charge in [-0.25, -0.2) is 20.2 Å². The number of hydrogen-bond donors (Lipinski definition) is 2. The van der Waals surface area contributed by atoms with E-state index in [1.54, 1.807) is 13.2 Å². The number of methoxy groups -OCH3 is 1. The number of halogens is 2. The van der Waals surface area contributed by atoms with Gasteiger partial charge >= 0.3 is 0 Å². The summed E-state index contributed by atoms with van der Waals surface area (Å²) in [6.45, 7) is 0.309. The molecule has 7 heteroatoms. The van der Waals surface area contributed by atoms with E-state index in [4.69, 9.17) is 22.2 Å². The van der Waals surface area contributed by atoms with Crippen LogP contribution in [0.2, 0.25) is 5.02 Å². The first-order valence-corrected chi connectivity index (χ1v) is 5.80. The first kappa shape index (κ1) is 13.7. The second-order valence-corrected chi connectivity index (χ2v) is 4.18. The monoisotopic (exact) mass is 282 g/mol. The average molecular weight is 283 g/mol. The molecular formula is C12H12ClFN4O. The van der Waals surface area contributed by atoms with Gasteiger partial charge in [-0.1, -0.05) is 11.6 Å². The number of nitrogen functional groups attached to an aromatic ring is 1. The number of hydrazine groups is 1. The zero-order chi connectivity index (χ0) is 13.8. The molecule has 0 saturated carbocycles. The summed E-state index contributed by atoms with van der Waals surface area (Å²) in [5.74, 6) is 5.71. The lowest BCUT2D eigenvalue weighted by Crippen LogP contribution is -2.11. The standard InChI is InChI=1S/C12H12ClFN4O/c1-19-6-8-5-11(18-15)17-12(16-8)9-3-2-7(14)4-10(9)13/h2-5H,6,15H2,1H3,(H,16,17,18). The van der Waals surface area contributed by atoms with E-state index in [1.165, 1.54) is 18.2 Å². The van der Waals surface area contributed by atoms with Crippen molar-refractivity contribution in [3.05, 3.63) is 40.8 Å². The number of ether oxygens (including phenoxy) is 1. The Morgan fingerprint density at radius 3 is 2.79 bits per heavy atom. The van der Waals surface area contributed by atoms with Crippen LogP contribution in [0, 0.1) is 5.82 Å². The Morgan fingerprint density at radius 2 is 2.16 bits per heavy atom. The molecule has 2 aromatic rings.